The number of ether oxygens (including phenoxy) is 2. The van der Waals surface area contributed by atoms with Crippen LogP contribution < -0.4 is 4.74 Å². The van der Waals surface area contributed by atoms with E-state index in [9.17, 15) is 14.4 Å². The number of likely N-dealkylation sites (tertiary alicyclic amines) is 1. The van der Waals surface area contributed by atoms with Crippen molar-refractivity contribution in [3.05, 3.63) is 29.8 Å². The molecule has 2 saturated carbocycles. The molecule has 184 valence electrons. The van der Waals surface area contributed by atoms with Gasteiger partial charge in [-0.05, 0) is 62.3 Å². The predicted molar refractivity (Wildman–Crippen MR) is 126 cm³/mol. The predicted octanol–water partition coefficient (Wildman–Crippen LogP) is 3.16. The number of nitrogens with zero attached hydrogens (tertiary/aromatic N) is 2. The Morgan fingerprint density at radius 2 is 1.74 bits per heavy atom. The maximum atomic E-state index is 14.0. The molecule has 3 saturated heterocycles. The van der Waals surface area contributed by atoms with Crippen molar-refractivity contribution in [2.45, 2.75) is 62.8 Å². The molecule has 3 atom stereocenters. The fraction of sp³-hybridized carbons (Fsp3) is 0.667. The van der Waals surface area contributed by atoms with Gasteiger partial charge in [0.25, 0.3) is 0 Å². The van der Waals surface area contributed by atoms with Gasteiger partial charge < -0.3 is 14.4 Å². The van der Waals surface area contributed by atoms with Crippen molar-refractivity contribution in [2.24, 2.45) is 17.8 Å². The maximum absolute atomic E-state index is 14.0. The Morgan fingerprint density at radius 1 is 1.03 bits per heavy atom. The lowest BCUT2D eigenvalue weighted by atomic mass is 9.68. The van der Waals surface area contributed by atoms with Crippen LogP contribution in [-0.2, 0) is 24.5 Å². The first-order valence-corrected chi connectivity index (χ1v) is 12.7. The Bertz CT molecular complexity index is 950. The highest BCUT2D eigenvalue weighted by molar-refractivity contribution is 6.11. The van der Waals surface area contributed by atoms with Crippen molar-refractivity contribution < 1.29 is 23.9 Å². The number of carbonyl (C=O) groups is 3. The van der Waals surface area contributed by atoms with Crippen LogP contribution in [0.5, 0.6) is 5.75 Å². The molecule has 0 unspecified atom stereocenters. The molecule has 3 aliphatic heterocycles. The Labute approximate surface area is 201 Å². The average Bonchev–Trinajstić information content (AvgIpc) is 2.92. The Hall–Kier alpha value is -2.41. The molecule has 7 nitrogen and oxygen atoms in total. The summed E-state index contributed by atoms with van der Waals surface area (Å²) in [6.07, 6.45) is 6.49. The molecule has 1 aromatic rings. The largest absolute Gasteiger partial charge is 0.496 e. The van der Waals surface area contributed by atoms with Gasteiger partial charge in [-0.2, -0.15) is 0 Å². The summed E-state index contributed by atoms with van der Waals surface area (Å²) in [6, 6.07) is 7.61. The summed E-state index contributed by atoms with van der Waals surface area (Å²) in [5.74, 6) is 2.07. The van der Waals surface area contributed by atoms with Crippen LogP contribution >= 0.6 is 0 Å². The quantitative estimate of drug-likeness (QED) is 0.433. The van der Waals surface area contributed by atoms with E-state index < -0.39 is 5.41 Å². The zero-order chi connectivity index (χ0) is 23.9. The van der Waals surface area contributed by atoms with Crippen LogP contribution in [0.2, 0.25) is 0 Å². The molecule has 0 aromatic heterocycles. The van der Waals surface area contributed by atoms with Crippen molar-refractivity contribution in [1.82, 2.24) is 9.80 Å². The van der Waals surface area contributed by atoms with Crippen molar-refractivity contribution in [2.75, 3.05) is 33.9 Å². The van der Waals surface area contributed by atoms with Crippen LogP contribution in [0.15, 0.2) is 24.3 Å². The molecular weight excluding hydrogens is 432 g/mol. The third-order valence-electron chi connectivity index (χ3n) is 8.64. The van der Waals surface area contributed by atoms with Crippen LogP contribution in [0.1, 0.15) is 56.9 Å². The molecule has 3 heterocycles. The molecule has 7 heteroatoms. The third-order valence-corrected chi connectivity index (χ3v) is 8.64. The van der Waals surface area contributed by atoms with Gasteiger partial charge >= 0.3 is 0 Å². The monoisotopic (exact) mass is 468 g/mol. The van der Waals surface area contributed by atoms with E-state index in [1.807, 2.05) is 18.2 Å². The zero-order valence-electron chi connectivity index (χ0n) is 20.3. The minimum Gasteiger partial charge on any atom is -0.496 e. The van der Waals surface area contributed by atoms with E-state index in [-0.39, 0.29) is 36.6 Å². The van der Waals surface area contributed by atoms with Crippen LogP contribution in [0, 0.1) is 17.8 Å². The summed E-state index contributed by atoms with van der Waals surface area (Å²) in [7, 11) is 3.17. The van der Waals surface area contributed by atoms with Gasteiger partial charge in [0.15, 0.2) is 0 Å². The Balaban J connectivity index is 1.47. The van der Waals surface area contributed by atoms with Gasteiger partial charge in [-0.1, -0.05) is 18.2 Å². The van der Waals surface area contributed by atoms with Gasteiger partial charge in [-0.25, -0.2) is 0 Å². The average molecular weight is 469 g/mol. The molecule has 6 rings (SSSR count). The van der Waals surface area contributed by atoms with Gasteiger partial charge in [-0.15, -0.1) is 0 Å². The first-order chi connectivity index (χ1) is 16.4. The minimum atomic E-state index is -1.23. The first kappa shape index (κ1) is 23.3. The second-order valence-electron chi connectivity index (χ2n) is 10.8. The normalized spacial score (nSPS) is 32.4. The molecule has 0 radical (unpaired) electrons. The van der Waals surface area contributed by atoms with E-state index >= 15 is 0 Å². The summed E-state index contributed by atoms with van der Waals surface area (Å²) in [6.45, 7) is 1.56. The number of benzene rings is 1. The van der Waals surface area contributed by atoms with E-state index in [0.29, 0.717) is 36.8 Å². The molecule has 4 bridgehead atoms. The minimum absolute atomic E-state index is 0.00187. The molecule has 1 aromatic carbocycles. The van der Waals surface area contributed by atoms with Gasteiger partial charge in [0, 0.05) is 51.3 Å². The number of fused-ring (bicyclic) bond motifs is 1. The smallest absolute Gasteiger partial charge is 0.241 e. The van der Waals surface area contributed by atoms with E-state index in [4.69, 9.17) is 9.47 Å². The molecule has 5 aliphatic rings. The van der Waals surface area contributed by atoms with Gasteiger partial charge in [0.2, 0.25) is 17.7 Å². The number of carbonyl (C=O) groups excluding carboxylic acids is 3. The van der Waals surface area contributed by atoms with Crippen molar-refractivity contribution >= 4 is 17.7 Å². The molecule has 5 fully saturated rings. The summed E-state index contributed by atoms with van der Waals surface area (Å²) >= 11 is 0. The number of methoxy groups -OCH3 is 2. The molecule has 34 heavy (non-hydrogen) atoms. The zero-order valence-corrected chi connectivity index (χ0v) is 20.3. The van der Waals surface area contributed by atoms with Crippen molar-refractivity contribution in [3.63, 3.8) is 0 Å². The van der Waals surface area contributed by atoms with E-state index in [2.05, 4.69) is 4.90 Å². The molecular formula is C27H36N2O5. The summed E-state index contributed by atoms with van der Waals surface area (Å²) in [5, 5.41) is 0. The first-order valence-electron chi connectivity index (χ1n) is 12.7. The lowest BCUT2D eigenvalue weighted by molar-refractivity contribution is -0.143. The number of hydrogen-bond acceptors (Lipinski definition) is 5. The highest BCUT2D eigenvalue weighted by atomic mass is 16.5. The van der Waals surface area contributed by atoms with E-state index in [1.54, 1.807) is 20.3 Å². The third kappa shape index (κ3) is 4.02. The second kappa shape index (κ2) is 9.33. The highest BCUT2D eigenvalue weighted by Crippen LogP contribution is 2.49. The Morgan fingerprint density at radius 3 is 2.44 bits per heavy atom. The van der Waals surface area contributed by atoms with Gasteiger partial charge in [0.1, 0.15) is 5.75 Å². The lowest BCUT2D eigenvalue weighted by Crippen LogP contribution is -2.47. The standard InChI is InChI=1S/C27H36N2O5/c1-33-9-5-8-28-24(30)15-27(26(28)32,22-6-3-4-7-23(22)34-2)16-25(31)29-17-20-11-18-10-19(12-20)14-21(29)13-18/h3-4,6-7,18-21H,5,8-17H2,1-2H3/t18-,19-,20?,21?,27+/m0/s1. The van der Waals surface area contributed by atoms with Crippen molar-refractivity contribution in [1.29, 1.82) is 0 Å². The Kier molecular flexibility index (Phi) is 6.40. The van der Waals surface area contributed by atoms with Crippen LogP contribution in [-0.4, -0.2) is 67.5 Å². The molecule has 3 amide bonds. The van der Waals surface area contributed by atoms with Gasteiger partial charge in [0.05, 0.1) is 12.5 Å². The van der Waals surface area contributed by atoms with Crippen LogP contribution in [0.4, 0.5) is 0 Å². The number of para-hydroxylation sites is 1. The number of imide groups is 1. The fourth-order valence-electron chi connectivity index (χ4n) is 7.33. The van der Waals surface area contributed by atoms with Crippen molar-refractivity contribution in [3.8, 4) is 5.75 Å². The molecule has 0 N–H and O–H groups in total. The molecule has 2 aliphatic carbocycles. The SMILES string of the molecule is COCCCN1C(=O)C[C@@](CC(=O)N2CC3C[C@H]4CC2C[C@H](C3)C4)(c2ccccc2OC)C1=O. The summed E-state index contributed by atoms with van der Waals surface area (Å²) < 4.78 is 10.7. The number of amides is 3. The van der Waals surface area contributed by atoms with Crippen LogP contribution in [0.25, 0.3) is 0 Å². The topological polar surface area (TPSA) is 76.2 Å². The van der Waals surface area contributed by atoms with Gasteiger partial charge in [-0.3, -0.25) is 19.3 Å². The lowest BCUT2D eigenvalue weighted by Gasteiger charge is -2.39. The number of hydrogen-bond donors (Lipinski definition) is 0. The van der Waals surface area contributed by atoms with E-state index in [0.717, 1.165) is 31.2 Å². The van der Waals surface area contributed by atoms with E-state index in [1.165, 1.54) is 24.2 Å². The summed E-state index contributed by atoms with van der Waals surface area (Å²) in [4.78, 5) is 44.4. The van der Waals surface area contributed by atoms with Crippen LogP contribution in [0.3, 0.4) is 0 Å². The summed E-state index contributed by atoms with van der Waals surface area (Å²) in [5.41, 5.74) is -0.587. The second-order valence-corrected chi connectivity index (χ2v) is 10.8. The fourth-order valence-corrected chi connectivity index (χ4v) is 7.33. The maximum Gasteiger partial charge on any atom is 0.241 e. The number of rotatable bonds is 8. The molecule has 0 spiro atoms. The highest BCUT2D eigenvalue weighted by Gasteiger charge is 2.56.